The van der Waals surface area contributed by atoms with Crippen molar-refractivity contribution in [2.75, 3.05) is 13.7 Å². The number of ether oxygens (including phenoxy) is 1. The lowest BCUT2D eigenvalue weighted by molar-refractivity contribution is -0.126. The number of aromatic nitrogens is 2. The summed E-state index contributed by atoms with van der Waals surface area (Å²) in [6.07, 6.45) is 9.16. The van der Waals surface area contributed by atoms with Crippen molar-refractivity contribution in [3.63, 3.8) is 0 Å². The van der Waals surface area contributed by atoms with E-state index in [2.05, 4.69) is 5.10 Å². The number of benzene rings is 2. The van der Waals surface area contributed by atoms with Crippen molar-refractivity contribution < 1.29 is 9.53 Å². The quantitative estimate of drug-likeness (QED) is 0.628. The lowest BCUT2D eigenvalue weighted by Crippen LogP contribution is -2.28. The molecule has 142 valence electrons. The largest absolute Gasteiger partial charge is 0.497 e. The van der Waals surface area contributed by atoms with E-state index in [1.54, 1.807) is 24.1 Å². The first-order valence-electron chi connectivity index (χ1n) is 9.47. The minimum atomic E-state index is 0.0331. The van der Waals surface area contributed by atoms with Gasteiger partial charge in [-0.05, 0) is 48.7 Å². The average molecular weight is 373 g/mol. The minimum Gasteiger partial charge on any atom is -0.497 e. The van der Waals surface area contributed by atoms with Crippen molar-refractivity contribution in [3.8, 4) is 11.4 Å². The van der Waals surface area contributed by atoms with Crippen LogP contribution >= 0.6 is 0 Å². The Balaban J connectivity index is 1.46. The van der Waals surface area contributed by atoms with Crippen LogP contribution in [0, 0.1) is 0 Å². The number of nitrogens with zero attached hydrogens (tertiary/aromatic N) is 3. The predicted molar refractivity (Wildman–Crippen MR) is 109 cm³/mol. The monoisotopic (exact) mass is 373 g/mol. The van der Waals surface area contributed by atoms with Gasteiger partial charge in [-0.3, -0.25) is 4.79 Å². The van der Waals surface area contributed by atoms with E-state index < -0.39 is 0 Å². The molecule has 0 saturated carbocycles. The number of carbonyl (C=O) groups excluding carboxylic acids is 1. The summed E-state index contributed by atoms with van der Waals surface area (Å²) in [6, 6.07) is 18.0. The Hall–Kier alpha value is -3.34. The molecule has 1 aliphatic heterocycles. The number of hydrogen-bond donors (Lipinski definition) is 0. The first-order valence-corrected chi connectivity index (χ1v) is 9.47. The molecule has 1 saturated heterocycles. The molecule has 1 atom stereocenters. The number of hydrogen-bond acceptors (Lipinski definition) is 3. The average Bonchev–Trinajstić information content (AvgIpc) is 3.43. The maximum atomic E-state index is 12.8. The Labute approximate surface area is 164 Å². The Morgan fingerprint density at radius 3 is 2.68 bits per heavy atom. The third kappa shape index (κ3) is 3.83. The third-order valence-electron chi connectivity index (χ3n) is 5.08. The van der Waals surface area contributed by atoms with Gasteiger partial charge in [-0.25, -0.2) is 4.68 Å². The highest BCUT2D eigenvalue weighted by molar-refractivity contribution is 5.92. The molecule has 2 heterocycles. The van der Waals surface area contributed by atoms with Gasteiger partial charge in [0.25, 0.3) is 0 Å². The summed E-state index contributed by atoms with van der Waals surface area (Å²) in [6.45, 7) is 0.781. The Morgan fingerprint density at radius 2 is 1.93 bits per heavy atom. The minimum absolute atomic E-state index is 0.0331. The molecule has 1 unspecified atom stereocenters. The van der Waals surface area contributed by atoms with Gasteiger partial charge in [-0.2, -0.15) is 5.10 Å². The molecule has 1 aliphatic rings. The fraction of sp³-hybridized carbons (Fsp3) is 0.217. The maximum absolute atomic E-state index is 12.8. The summed E-state index contributed by atoms with van der Waals surface area (Å²) < 4.78 is 7.03. The second-order valence-electron chi connectivity index (χ2n) is 6.85. The van der Waals surface area contributed by atoms with E-state index in [0.717, 1.165) is 42.0 Å². The second-order valence-corrected chi connectivity index (χ2v) is 6.85. The normalized spacial score (nSPS) is 16.6. The van der Waals surface area contributed by atoms with Crippen LogP contribution in [-0.4, -0.2) is 34.2 Å². The van der Waals surface area contributed by atoms with E-state index in [1.165, 1.54) is 0 Å². The standard InChI is InChI=1S/C23H23N3O2/c1-28-21-12-10-19(11-13-21)22-8-5-15-25(22)23(27)14-9-18-16-24-26(17-18)20-6-3-2-4-7-20/h2-4,6-7,9-14,16-17,22H,5,8,15H2,1H3/b14-9+. The molecule has 0 aliphatic carbocycles. The van der Waals surface area contributed by atoms with Gasteiger partial charge in [0.1, 0.15) is 5.75 Å². The van der Waals surface area contributed by atoms with Crippen molar-refractivity contribution in [1.82, 2.24) is 14.7 Å². The fourth-order valence-electron chi connectivity index (χ4n) is 3.61. The van der Waals surface area contributed by atoms with Crippen LogP contribution in [0.3, 0.4) is 0 Å². The summed E-state index contributed by atoms with van der Waals surface area (Å²) in [5, 5.41) is 4.37. The molecule has 28 heavy (non-hydrogen) atoms. The summed E-state index contributed by atoms with van der Waals surface area (Å²) in [7, 11) is 1.66. The van der Waals surface area contributed by atoms with Gasteiger partial charge in [-0.1, -0.05) is 30.3 Å². The van der Waals surface area contributed by atoms with Crippen LogP contribution in [0.15, 0.2) is 73.1 Å². The Bertz CT molecular complexity index is 961. The van der Waals surface area contributed by atoms with E-state index in [0.29, 0.717) is 0 Å². The summed E-state index contributed by atoms with van der Waals surface area (Å²) in [5.74, 6) is 0.862. The summed E-state index contributed by atoms with van der Waals surface area (Å²) in [4.78, 5) is 14.7. The first kappa shape index (κ1) is 18.0. The van der Waals surface area contributed by atoms with Crippen LogP contribution in [0.25, 0.3) is 11.8 Å². The van der Waals surface area contributed by atoms with E-state index in [9.17, 15) is 4.79 Å². The number of carbonyl (C=O) groups is 1. The Kier molecular flexibility index (Phi) is 5.24. The van der Waals surface area contributed by atoms with Crippen LogP contribution in [0.2, 0.25) is 0 Å². The van der Waals surface area contributed by atoms with Gasteiger partial charge in [0, 0.05) is 24.4 Å². The summed E-state index contributed by atoms with van der Waals surface area (Å²) in [5.41, 5.74) is 3.04. The lowest BCUT2D eigenvalue weighted by Gasteiger charge is -2.24. The number of para-hydroxylation sites is 1. The molecule has 5 heteroatoms. The van der Waals surface area contributed by atoms with E-state index in [-0.39, 0.29) is 11.9 Å². The second kappa shape index (κ2) is 8.13. The SMILES string of the molecule is COc1ccc(C2CCCN2C(=O)/C=C/c2cnn(-c3ccccc3)c2)cc1. The van der Waals surface area contributed by atoms with Crippen LogP contribution in [-0.2, 0) is 4.79 Å². The first-order chi connectivity index (χ1) is 13.7. The molecule has 3 aromatic rings. The smallest absolute Gasteiger partial charge is 0.247 e. The van der Waals surface area contributed by atoms with Gasteiger partial charge in [0.15, 0.2) is 0 Å². The van der Waals surface area contributed by atoms with Crippen molar-refractivity contribution in [1.29, 1.82) is 0 Å². The van der Waals surface area contributed by atoms with Gasteiger partial charge >= 0.3 is 0 Å². The van der Waals surface area contributed by atoms with Gasteiger partial charge in [0.2, 0.25) is 5.91 Å². The molecule has 0 bridgehead atoms. The van der Waals surface area contributed by atoms with Gasteiger partial charge in [-0.15, -0.1) is 0 Å². The van der Waals surface area contributed by atoms with Crippen LogP contribution in [0.1, 0.15) is 30.0 Å². The van der Waals surface area contributed by atoms with E-state index in [4.69, 9.17) is 4.74 Å². The van der Waals surface area contributed by atoms with Crippen molar-refractivity contribution in [3.05, 3.63) is 84.2 Å². The maximum Gasteiger partial charge on any atom is 0.247 e. The van der Waals surface area contributed by atoms with Crippen molar-refractivity contribution in [2.24, 2.45) is 0 Å². The highest BCUT2D eigenvalue weighted by Crippen LogP contribution is 2.33. The molecule has 4 rings (SSSR count). The highest BCUT2D eigenvalue weighted by atomic mass is 16.5. The fourth-order valence-corrected chi connectivity index (χ4v) is 3.61. The number of rotatable bonds is 5. The predicted octanol–water partition coefficient (Wildman–Crippen LogP) is 4.26. The molecule has 0 spiro atoms. The lowest BCUT2D eigenvalue weighted by atomic mass is 10.0. The summed E-state index contributed by atoms with van der Waals surface area (Å²) >= 11 is 0. The zero-order chi connectivity index (χ0) is 19.3. The van der Waals surface area contributed by atoms with Gasteiger partial charge < -0.3 is 9.64 Å². The molecule has 0 radical (unpaired) electrons. The van der Waals surface area contributed by atoms with Crippen LogP contribution in [0.5, 0.6) is 5.75 Å². The van der Waals surface area contributed by atoms with Crippen LogP contribution in [0.4, 0.5) is 0 Å². The number of amides is 1. The molecule has 1 aromatic heterocycles. The van der Waals surface area contributed by atoms with Crippen LogP contribution < -0.4 is 4.74 Å². The molecule has 0 N–H and O–H groups in total. The van der Waals surface area contributed by atoms with E-state index >= 15 is 0 Å². The molecule has 1 fully saturated rings. The molecule has 5 nitrogen and oxygen atoms in total. The third-order valence-corrected chi connectivity index (χ3v) is 5.08. The number of methoxy groups -OCH3 is 1. The molecule has 2 aromatic carbocycles. The molecular weight excluding hydrogens is 350 g/mol. The molecular formula is C23H23N3O2. The number of likely N-dealkylation sites (tertiary alicyclic amines) is 1. The Morgan fingerprint density at radius 1 is 1.14 bits per heavy atom. The molecule has 1 amide bonds. The highest BCUT2D eigenvalue weighted by Gasteiger charge is 2.28. The van der Waals surface area contributed by atoms with Crippen molar-refractivity contribution >= 4 is 12.0 Å². The van der Waals surface area contributed by atoms with E-state index in [1.807, 2.05) is 71.8 Å². The van der Waals surface area contributed by atoms with Crippen molar-refractivity contribution in [2.45, 2.75) is 18.9 Å². The zero-order valence-electron chi connectivity index (χ0n) is 15.9. The van der Waals surface area contributed by atoms with Gasteiger partial charge in [0.05, 0.1) is 25.0 Å². The topological polar surface area (TPSA) is 47.4 Å². The zero-order valence-corrected chi connectivity index (χ0v) is 15.9.